The van der Waals surface area contributed by atoms with Gasteiger partial charge in [-0.15, -0.1) is 0 Å². The summed E-state index contributed by atoms with van der Waals surface area (Å²) in [7, 11) is 0. The topological polar surface area (TPSA) is 84.8 Å². The summed E-state index contributed by atoms with van der Waals surface area (Å²) in [6, 6.07) is 17.2. The number of nitrogens with zero attached hydrogens (tertiary/aromatic N) is 3. The van der Waals surface area contributed by atoms with Crippen LogP contribution in [0, 0.1) is 13.8 Å². The first kappa shape index (κ1) is 24.0. The summed E-state index contributed by atoms with van der Waals surface area (Å²) >= 11 is 6.23. The minimum atomic E-state index is -0.678. The number of para-hydroxylation sites is 1. The Morgan fingerprint density at radius 3 is 2.71 bits per heavy atom. The zero-order valence-corrected chi connectivity index (χ0v) is 20.0. The number of halogens is 1. The molecule has 0 unspecified atom stereocenters. The van der Waals surface area contributed by atoms with Crippen LogP contribution in [0.25, 0.3) is 11.4 Å². The Kier molecular flexibility index (Phi) is 8.00. The summed E-state index contributed by atoms with van der Waals surface area (Å²) in [4.78, 5) is 6.59. The van der Waals surface area contributed by atoms with Crippen LogP contribution < -0.4 is 4.74 Å². The molecule has 8 heteroatoms. The SMILES string of the molecule is Cc1ccc(-c2noc(CCN(Cc3ccco3)C[C@@H](O)COc3ccccc3C)n2)cc1Cl. The fourth-order valence-electron chi connectivity index (χ4n) is 3.57. The van der Waals surface area contributed by atoms with Gasteiger partial charge in [0.25, 0.3) is 0 Å². The molecule has 1 N–H and O–H groups in total. The van der Waals surface area contributed by atoms with Crippen molar-refractivity contribution in [1.82, 2.24) is 15.0 Å². The number of furan rings is 1. The summed E-state index contributed by atoms with van der Waals surface area (Å²) in [6.07, 6.45) is 1.49. The molecular formula is C26H28ClN3O4. The predicted octanol–water partition coefficient (Wildman–Crippen LogP) is 5.08. The number of aliphatic hydroxyl groups is 1. The lowest BCUT2D eigenvalue weighted by molar-refractivity contribution is 0.0627. The highest BCUT2D eigenvalue weighted by Gasteiger charge is 2.17. The minimum absolute atomic E-state index is 0.193. The van der Waals surface area contributed by atoms with Crippen LogP contribution in [-0.2, 0) is 13.0 Å². The molecule has 0 fully saturated rings. The van der Waals surface area contributed by atoms with E-state index in [1.807, 2.05) is 68.4 Å². The molecule has 0 amide bonds. The van der Waals surface area contributed by atoms with Crippen molar-refractivity contribution >= 4 is 11.6 Å². The second-order valence-corrected chi connectivity index (χ2v) is 8.68. The van der Waals surface area contributed by atoms with Crippen LogP contribution in [0.5, 0.6) is 5.75 Å². The summed E-state index contributed by atoms with van der Waals surface area (Å²) in [5, 5.41) is 15.4. The van der Waals surface area contributed by atoms with E-state index >= 15 is 0 Å². The molecule has 0 saturated heterocycles. The van der Waals surface area contributed by atoms with Gasteiger partial charge in [0.1, 0.15) is 24.2 Å². The summed E-state index contributed by atoms with van der Waals surface area (Å²) < 4.78 is 16.8. The van der Waals surface area contributed by atoms with E-state index in [9.17, 15) is 5.11 Å². The van der Waals surface area contributed by atoms with Gasteiger partial charge in [0, 0.05) is 30.1 Å². The zero-order chi connectivity index (χ0) is 23.9. The second kappa shape index (κ2) is 11.3. The Morgan fingerprint density at radius 1 is 1.09 bits per heavy atom. The maximum absolute atomic E-state index is 10.6. The third kappa shape index (κ3) is 6.47. The molecule has 2 aromatic carbocycles. The van der Waals surface area contributed by atoms with Gasteiger partial charge in [-0.05, 0) is 49.2 Å². The van der Waals surface area contributed by atoms with Gasteiger partial charge in [0.2, 0.25) is 11.7 Å². The molecule has 4 rings (SSSR count). The standard InChI is InChI=1S/C26H28ClN3O4/c1-18-9-10-20(14-23(18)27)26-28-25(34-29-26)11-12-30(16-22-7-5-13-32-22)15-21(31)17-33-24-8-4-3-6-19(24)2/h3-10,13-14,21,31H,11-12,15-17H2,1-2H3/t21-/m1/s1. The molecule has 7 nitrogen and oxygen atoms in total. The molecular weight excluding hydrogens is 454 g/mol. The maximum Gasteiger partial charge on any atom is 0.228 e. The quantitative estimate of drug-likeness (QED) is 0.319. The average molecular weight is 482 g/mol. The van der Waals surface area contributed by atoms with Gasteiger partial charge in [0.05, 0.1) is 12.8 Å². The molecule has 0 radical (unpaired) electrons. The number of aliphatic hydroxyl groups excluding tert-OH is 1. The van der Waals surface area contributed by atoms with Gasteiger partial charge in [-0.2, -0.15) is 4.98 Å². The van der Waals surface area contributed by atoms with E-state index in [-0.39, 0.29) is 6.61 Å². The molecule has 0 bridgehead atoms. The van der Waals surface area contributed by atoms with Crippen molar-refractivity contribution in [1.29, 1.82) is 0 Å². The highest BCUT2D eigenvalue weighted by Crippen LogP contribution is 2.23. The van der Waals surface area contributed by atoms with Crippen molar-refractivity contribution in [2.45, 2.75) is 32.9 Å². The van der Waals surface area contributed by atoms with Gasteiger partial charge >= 0.3 is 0 Å². The molecule has 0 saturated carbocycles. The summed E-state index contributed by atoms with van der Waals surface area (Å²) in [5.41, 5.74) is 2.83. The average Bonchev–Trinajstić information content (AvgIpc) is 3.51. The minimum Gasteiger partial charge on any atom is -0.491 e. The van der Waals surface area contributed by atoms with Gasteiger partial charge in [-0.3, -0.25) is 4.90 Å². The molecule has 0 aliphatic carbocycles. The van der Waals surface area contributed by atoms with Crippen molar-refractivity contribution in [2.75, 3.05) is 19.7 Å². The van der Waals surface area contributed by atoms with E-state index in [0.29, 0.717) is 42.8 Å². The first-order valence-electron chi connectivity index (χ1n) is 11.2. The Hall–Kier alpha value is -3.13. The molecule has 34 heavy (non-hydrogen) atoms. The third-order valence-electron chi connectivity index (χ3n) is 5.49. The van der Waals surface area contributed by atoms with E-state index in [4.69, 9.17) is 25.3 Å². The lowest BCUT2D eigenvalue weighted by Gasteiger charge is -2.24. The Bertz CT molecular complexity index is 1190. The Labute approximate surface area is 203 Å². The monoisotopic (exact) mass is 481 g/mol. The number of hydrogen-bond donors (Lipinski definition) is 1. The van der Waals surface area contributed by atoms with E-state index in [2.05, 4.69) is 15.0 Å². The number of aromatic nitrogens is 2. The third-order valence-corrected chi connectivity index (χ3v) is 5.90. The maximum atomic E-state index is 10.6. The molecule has 0 spiro atoms. The van der Waals surface area contributed by atoms with Crippen molar-refractivity contribution in [2.24, 2.45) is 0 Å². The van der Waals surface area contributed by atoms with Crippen LogP contribution in [0.15, 0.2) is 69.8 Å². The molecule has 0 aliphatic heterocycles. The fraction of sp³-hybridized carbons (Fsp3) is 0.308. The molecule has 2 aromatic heterocycles. The van der Waals surface area contributed by atoms with Crippen LogP contribution in [-0.4, -0.2) is 45.9 Å². The smallest absolute Gasteiger partial charge is 0.228 e. The zero-order valence-electron chi connectivity index (χ0n) is 19.3. The van der Waals surface area contributed by atoms with Crippen molar-refractivity contribution in [3.8, 4) is 17.1 Å². The highest BCUT2D eigenvalue weighted by molar-refractivity contribution is 6.31. The molecule has 2 heterocycles. The number of hydrogen-bond acceptors (Lipinski definition) is 7. The highest BCUT2D eigenvalue weighted by atomic mass is 35.5. The van der Waals surface area contributed by atoms with E-state index in [1.54, 1.807) is 6.26 Å². The lowest BCUT2D eigenvalue weighted by atomic mass is 10.1. The van der Waals surface area contributed by atoms with Gasteiger partial charge < -0.3 is 18.8 Å². The Morgan fingerprint density at radius 2 is 1.94 bits per heavy atom. The normalized spacial score (nSPS) is 12.3. The van der Waals surface area contributed by atoms with Crippen LogP contribution in [0.4, 0.5) is 0 Å². The largest absolute Gasteiger partial charge is 0.491 e. The van der Waals surface area contributed by atoms with Crippen LogP contribution in [0.1, 0.15) is 22.8 Å². The first-order chi connectivity index (χ1) is 16.5. The molecule has 4 aromatic rings. The van der Waals surface area contributed by atoms with Gasteiger partial charge in [0.15, 0.2) is 0 Å². The molecule has 178 valence electrons. The van der Waals surface area contributed by atoms with Crippen LogP contribution in [0.2, 0.25) is 5.02 Å². The number of ether oxygens (including phenoxy) is 1. The lowest BCUT2D eigenvalue weighted by Crippen LogP contribution is -2.36. The molecule has 0 aliphatic rings. The second-order valence-electron chi connectivity index (χ2n) is 8.27. The van der Waals surface area contributed by atoms with Crippen LogP contribution in [0.3, 0.4) is 0 Å². The van der Waals surface area contributed by atoms with Crippen molar-refractivity contribution < 1.29 is 18.8 Å². The number of benzene rings is 2. The fourth-order valence-corrected chi connectivity index (χ4v) is 3.75. The van der Waals surface area contributed by atoms with E-state index in [1.165, 1.54) is 0 Å². The predicted molar refractivity (Wildman–Crippen MR) is 130 cm³/mol. The number of aryl methyl sites for hydroxylation is 2. The van der Waals surface area contributed by atoms with Crippen molar-refractivity contribution in [3.05, 3.63) is 88.7 Å². The van der Waals surface area contributed by atoms with Crippen LogP contribution >= 0.6 is 11.6 Å². The molecule has 1 atom stereocenters. The summed E-state index contributed by atoms with van der Waals surface area (Å²) in [5.74, 6) is 2.60. The van der Waals surface area contributed by atoms with E-state index in [0.717, 1.165) is 28.2 Å². The summed E-state index contributed by atoms with van der Waals surface area (Å²) in [6.45, 7) is 5.66. The van der Waals surface area contributed by atoms with Gasteiger partial charge in [-0.1, -0.05) is 47.1 Å². The van der Waals surface area contributed by atoms with E-state index < -0.39 is 6.10 Å². The first-order valence-corrected chi connectivity index (χ1v) is 11.6. The number of rotatable bonds is 11. The van der Waals surface area contributed by atoms with Crippen molar-refractivity contribution in [3.63, 3.8) is 0 Å². The van der Waals surface area contributed by atoms with Gasteiger partial charge in [-0.25, -0.2) is 0 Å². The Balaban J connectivity index is 1.37.